The van der Waals surface area contributed by atoms with E-state index in [0.29, 0.717) is 36.1 Å². The third-order valence-electron chi connectivity index (χ3n) is 6.38. The molecule has 1 unspecified atom stereocenters. The summed E-state index contributed by atoms with van der Waals surface area (Å²) >= 11 is 0. The molecule has 0 bridgehead atoms. The monoisotopic (exact) mass is 487 g/mol. The number of carbonyl (C=O) groups is 2. The molecule has 0 spiro atoms. The van der Waals surface area contributed by atoms with Crippen LogP contribution in [0.3, 0.4) is 0 Å². The predicted octanol–water partition coefficient (Wildman–Crippen LogP) is 0.337. The first-order chi connectivity index (χ1) is 16.8. The Morgan fingerprint density at radius 3 is 2.34 bits per heavy atom. The molecule has 4 rings (SSSR count). The zero-order chi connectivity index (χ0) is 25.1. The average molecular weight is 488 g/mol. The van der Waals surface area contributed by atoms with Gasteiger partial charge in [0.15, 0.2) is 6.23 Å². The van der Waals surface area contributed by atoms with Crippen molar-refractivity contribution in [1.82, 2.24) is 14.5 Å². The van der Waals surface area contributed by atoms with Crippen molar-refractivity contribution in [3.63, 3.8) is 0 Å². The molecule has 2 aliphatic heterocycles. The van der Waals surface area contributed by atoms with Gasteiger partial charge in [-0.2, -0.15) is 0 Å². The molecule has 2 aliphatic rings. The number of imide groups is 1. The minimum Gasteiger partial charge on any atom is -0.394 e. The van der Waals surface area contributed by atoms with Crippen molar-refractivity contribution >= 4 is 11.8 Å². The number of fused-ring (bicyclic) bond motifs is 1. The lowest BCUT2D eigenvalue weighted by Crippen LogP contribution is -2.40. The van der Waals surface area contributed by atoms with Crippen molar-refractivity contribution < 1.29 is 29.3 Å². The highest BCUT2D eigenvalue weighted by atomic mass is 16.6. The van der Waals surface area contributed by atoms with E-state index in [4.69, 9.17) is 9.47 Å². The molecule has 11 nitrogen and oxygen atoms in total. The average Bonchev–Trinajstić information content (AvgIpc) is 3.29. The van der Waals surface area contributed by atoms with E-state index in [1.54, 1.807) is 31.2 Å². The number of unbranched alkanes of at least 4 members (excludes halogenated alkanes) is 3. The molecule has 0 radical (unpaired) electrons. The number of aromatic amines is 1. The zero-order valence-electron chi connectivity index (χ0n) is 19.4. The van der Waals surface area contributed by atoms with Gasteiger partial charge in [-0.15, -0.1) is 0 Å². The van der Waals surface area contributed by atoms with Crippen LogP contribution in [0.1, 0.15) is 58.2 Å². The van der Waals surface area contributed by atoms with Gasteiger partial charge in [-0.25, -0.2) is 4.79 Å². The van der Waals surface area contributed by atoms with Crippen molar-refractivity contribution in [2.45, 2.75) is 57.1 Å². The van der Waals surface area contributed by atoms with Crippen LogP contribution in [0.25, 0.3) is 0 Å². The topological polar surface area (TPSA) is 151 Å². The maximum Gasteiger partial charge on any atom is 0.330 e. The SMILES string of the molecule is Cc1cn([C@@H]2O[C@H](CO)C(O)[C@@H]2OCCCCCCN2C(=O)c3ccccc3C2=O)c(=O)[nH]c1=O. The highest BCUT2D eigenvalue weighted by Gasteiger charge is 2.45. The number of aryl methyl sites for hydroxylation is 1. The Kier molecular flexibility index (Phi) is 7.60. The second-order valence-corrected chi connectivity index (χ2v) is 8.77. The summed E-state index contributed by atoms with van der Waals surface area (Å²) in [6, 6.07) is 6.79. The maximum absolute atomic E-state index is 12.4. The van der Waals surface area contributed by atoms with Crippen LogP contribution in [0.15, 0.2) is 40.1 Å². The number of aromatic nitrogens is 2. The summed E-state index contributed by atoms with van der Waals surface area (Å²) in [6.45, 7) is 1.70. The molecule has 2 aromatic rings. The molecule has 1 saturated heterocycles. The van der Waals surface area contributed by atoms with Gasteiger partial charge in [0, 0.05) is 24.9 Å². The summed E-state index contributed by atoms with van der Waals surface area (Å²) in [5.41, 5.74) is -0.0289. The lowest BCUT2D eigenvalue weighted by atomic mass is 10.1. The van der Waals surface area contributed by atoms with E-state index < -0.39 is 42.4 Å². The number of ether oxygens (including phenoxy) is 2. The van der Waals surface area contributed by atoms with Crippen molar-refractivity contribution in [2.24, 2.45) is 0 Å². The number of benzene rings is 1. The Bertz CT molecular complexity index is 1170. The summed E-state index contributed by atoms with van der Waals surface area (Å²) in [4.78, 5) is 52.2. The maximum atomic E-state index is 12.4. The van der Waals surface area contributed by atoms with Crippen molar-refractivity contribution in [3.05, 3.63) is 68.0 Å². The first-order valence-electron chi connectivity index (χ1n) is 11.7. The summed E-state index contributed by atoms with van der Waals surface area (Å²) in [7, 11) is 0. The molecular formula is C24H29N3O8. The van der Waals surface area contributed by atoms with E-state index in [9.17, 15) is 29.4 Å². The summed E-state index contributed by atoms with van der Waals surface area (Å²) in [5.74, 6) is -0.525. The smallest absolute Gasteiger partial charge is 0.330 e. The number of hydrogen-bond acceptors (Lipinski definition) is 8. The van der Waals surface area contributed by atoms with Crippen LogP contribution in [0.4, 0.5) is 0 Å². The van der Waals surface area contributed by atoms with E-state index in [2.05, 4.69) is 4.98 Å². The lowest BCUT2D eigenvalue weighted by Gasteiger charge is -2.22. The summed E-state index contributed by atoms with van der Waals surface area (Å²) in [6.07, 6.45) is 0.173. The number of hydrogen-bond donors (Lipinski definition) is 3. The number of nitrogens with one attached hydrogen (secondary N) is 1. The quantitative estimate of drug-likeness (QED) is 0.321. The molecule has 1 aromatic carbocycles. The van der Waals surface area contributed by atoms with E-state index in [-0.39, 0.29) is 18.4 Å². The fourth-order valence-corrected chi connectivity index (χ4v) is 4.44. The number of rotatable bonds is 10. The molecule has 1 fully saturated rings. The van der Waals surface area contributed by atoms with Crippen LogP contribution in [0.2, 0.25) is 0 Å². The van der Waals surface area contributed by atoms with Crippen LogP contribution in [-0.4, -0.2) is 74.5 Å². The Balaban J connectivity index is 1.26. The number of aliphatic hydroxyl groups excluding tert-OH is 2. The molecule has 35 heavy (non-hydrogen) atoms. The standard InChI is InChI=1S/C24H29N3O8/c1-14-12-27(24(33)25-20(14)30)23-19(18(29)17(13-28)35-23)34-11-7-3-2-6-10-26-21(31)15-8-4-5-9-16(15)22(26)32/h4-5,8-9,12,17-19,23,28-29H,2-3,6-7,10-11,13H2,1H3,(H,25,30,33)/t17-,18?,19+,23-/m1/s1. The van der Waals surface area contributed by atoms with E-state index >= 15 is 0 Å². The Labute approximate surface area is 200 Å². The van der Waals surface area contributed by atoms with Gasteiger partial charge in [0.2, 0.25) is 0 Å². The minimum atomic E-state index is -1.15. The zero-order valence-corrected chi connectivity index (χ0v) is 19.4. The van der Waals surface area contributed by atoms with Gasteiger partial charge in [-0.1, -0.05) is 25.0 Å². The largest absolute Gasteiger partial charge is 0.394 e. The third-order valence-corrected chi connectivity index (χ3v) is 6.38. The van der Waals surface area contributed by atoms with Gasteiger partial charge in [-0.05, 0) is 31.9 Å². The van der Waals surface area contributed by atoms with Crippen LogP contribution in [0.5, 0.6) is 0 Å². The van der Waals surface area contributed by atoms with Crippen molar-refractivity contribution in [3.8, 4) is 0 Å². The van der Waals surface area contributed by atoms with Crippen molar-refractivity contribution in [1.29, 1.82) is 0 Å². The lowest BCUT2D eigenvalue weighted by molar-refractivity contribution is -0.0750. The molecule has 3 heterocycles. The molecule has 0 aliphatic carbocycles. The molecule has 3 N–H and O–H groups in total. The van der Waals surface area contributed by atoms with Gasteiger partial charge in [0.1, 0.15) is 18.3 Å². The number of aliphatic hydroxyl groups is 2. The Morgan fingerprint density at radius 2 is 1.69 bits per heavy atom. The molecule has 4 atom stereocenters. The van der Waals surface area contributed by atoms with Gasteiger partial charge in [0.25, 0.3) is 17.4 Å². The number of carbonyl (C=O) groups excluding carboxylic acids is 2. The van der Waals surface area contributed by atoms with Crippen LogP contribution < -0.4 is 11.2 Å². The van der Waals surface area contributed by atoms with Gasteiger partial charge in [-0.3, -0.25) is 28.8 Å². The van der Waals surface area contributed by atoms with Crippen LogP contribution in [0, 0.1) is 6.92 Å². The molecule has 1 aromatic heterocycles. The van der Waals surface area contributed by atoms with Crippen LogP contribution >= 0.6 is 0 Å². The molecular weight excluding hydrogens is 458 g/mol. The molecule has 188 valence electrons. The Hall–Kier alpha value is -3.12. The first-order valence-corrected chi connectivity index (χ1v) is 11.7. The normalized spacial score (nSPS) is 23.8. The number of H-pyrrole nitrogens is 1. The fraction of sp³-hybridized carbons (Fsp3) is 0.500. The highest BCUT2D eigenvalue weighted by molar-refractivity contribution is 6.21. The fourth-order valence-electron chi connectivity index (χ4n) is 4.44. The predicted molar refractivity (Wildman–Crippen MR) is 123 cm³/mol. The van der Waals surface area contributed by atoms with Gasteiger partial charge in [0.05, 0.1) is 17.7 Å². The van der Waals surface area contributed by atoms with Gasteiger partial charge < -0.3 is 19.7 Å². The first kappa shape index (κ1) is 25.0. The van der Waals surface area contributed by atoms with Crippen LogP contribution in [-0.2, 0) is 9.47 Å². The second kappa shape index (κ2) is 10.6. The van der Waals surface area contributed by atoms with Gasteiger partial charge >= 0.3 is 5.69 Å². The molecule has 2 amide bonds. The second-order valence-electron chi connectivity index (χ2n) is 8.77. The van der Waals surface area contributed by atoms with E-state index in [0.717, 1.165) is 17.4 Å². The molecule has 0 saturated carbocycles. The Morgan fingerprint density at radius 1 is 1.03 bits per heavy atom. The van der Waals surface area contributed by atoms with E-state index in [1.165, 1.54) is 11.1 Å². The summed E-state index contributed by atoms with van der Waals surface area (Å²) < 4.78 is 12.6. The number of amides is 2. The number of nitrogens with zero attached hydrogens (tertiary/aromatic N) is 2. The highest BCUT2D eigenvalue weighted by Crippen LogP contribution is 2.31. The summed E-state index contributed by atoms with van der Waals surface area (Å²) in [5, 5.41) is 20.0. The van der Waals surface area contributed by atoms with Crippen molar-refractivity contribution in [2.75, 3.05) is 19.8 Å². The van der Waals surface area contributed by atoms with E-state index in [1.807, 2.05) is 0 Å². The minimum absolute atomic E-state index is 0.263. The third kappa shape index (κ3) is 4.98. The molecule has 11 heteroatoms.